The number of nitrogens with zero attached hydrogens (tertiary/aromatic N) is 5. The normalized spacial score (nSPS) is 11.7. The van der Waals surface area contributed by atoms with Gasteiger partial charge in [-0.1, -0.05) is 36.4 Å². The lowest BCUT2D eigenvalue weighted by Gasteiger charge is -2.04. The molecular weight excluding hydrogens is 286 g/mol. The molecule has 5 nitrogen and oxygen atoms in total. The lowest BCUT2D eigenvalue weighted by molar-refractivity contribution is 1.09. The number of hydrogen-bond donors (Lipinski definition) is 0. The van der Waals surface area contributed by atoms with Crippen LogP contribution in [0.3, 0.4) is 0 Å². The van der Waals surface area contributed by atoms with Gasteiger partial charge in [0.15, 0.2) is 17.0 Å². The maximum atomic E-state index is 9.14. The fourth-order valence-corrected chi connectivity index (χ4v) is 3.18. The molecule has 1 aliphatic carbocycles. The second-order valence-corrected chi connectivity index (χ2v) is 5.55. The summed E-state index contributed by atoms with van der Waals surface area (Å²) in [5.74, 6) is 0. The number of benzene rings is 2. The number of rotatable bonds is 0. The molecule has 5 rings (SSSR count). The first kappa shape index (κ1) is 12.2. The van der Waals surface area contributed by atoms with Gasteiger partial charge in [0.25, 0.3) is 0 Å². The molecule has 5 heteroatoms. The van der Waals surface area contributed by atoms with E-state index in [4.69, 9.17) is 5.26 Å². The van der Waals surface area contributed by atoms with Crippen LogP contribution in [0, 0.1) is 18.3 Å². The van der Waals surface area contributed by atoms with Gasteiger partial charge in [0, 0.05) is 16.5 Å². The Labute approximate surface area is 131 Å². The van der Waals surface area contributed by atoms with Gasteiger partial charge in [-0.15, -0.1) is 0 Å². The van der Waals surface area contributed by atoms with E-state index < -0.39 is 0 Å². The van der Waals surface area contributed by atoms with Crippen LogP contribution in [-0.2, 0) is 0 Å². The van der Waals surface area contributed by atoms with Gasteiger partial charge in [-0.2, -0.15) is 5.26 Å². The van der Waals surface area contributed by atoms with Gasteiger partial charge in [0.1, 0.15) is 6.07 Å². The zero-order chi connectivity index (χ0) is 15.6. The van der Waals surface area contributed by atoms with E-state index >= 15 is 0 Å². The third-order valence-corrected chi connectivity index (χ3v) is 4.21. The van der Waals surface area contributed by atoms with E-state index in [1.54, 1.807) is 6.92 Å². The maximum absolute atomic E-state index is 9.14. The van der Waals surface area contributed by atoms with Crippen molar-refractivity contribution >= 4 is 22.1 Å². The molecule has 2 aromatic carbocycles. The average molecular weight is 295 g/mol. The average Bonchev–Trinajstić information content (AvgIpc) is 2.88. The summed E-state index contributed by atoms with van der Waals surface area (Å²) in [5.41, 5.74) is 5.54. The molecule has 2 heterocycles. The number of hydrogen-bond acceptors (Lipinski definition) is 5. The fourth-order valence-electron chi connectivity index (χ4n) is 3.18. The molecule has 0 fully saturated rings. The summed E-state index contributed by atoms with van der Waals surface area (Å²) < 4.78 is 0. The molecule has 1 aliphatic rings. The molecule has 23 heavy (non-hydrogen) atoms. The van der Waals surface area contributed by atoms with Gasteiger partial charge in [0.2, 0.25) is 0 Å². The predicted molar refractivity (Wildman–Crippen MR) is 86.5 cm³/mol. The van der Waals surface area contributed by atoms with Gasteiger partial charge < -0.3 is 0 Å². The minimum Gasteiger partial charge on any atom is -0.228 e. The van der Waals surface area contributed by atoms with E-state index in [0.29, 0.717) is 22.7 Å². The van der Waals surface area contributed by atoms with Gasteiger partial charge in [-0.05, 0) is 12.3 Å². The van der Waals surface area contributed by atoms with Crippen molar-refractivity contribution in [3.63, 3.8) is 0 Å². The lowest BCUT2D eigenvalue weighted by Crippen LogP contribution is -2.00. The van der Waals surface area contributed by atoms with E-state index in [1.807, 2.05) is 18.2 Å². The highest BCUT2D eigenvalue weighted by Crippen LogP contribution is 2.45. The molecule has 0 amide bonds. The highest BCUT2D eigenvalue weighted by Gasteiger charge is 2.25. The Bertz CT molecular complexity index is 1180. The van der Waals surface area contributed by atoms with Crippen LogP contribution >= 0.6 is 0 Å². The number of nitriles is 1. The molecular formula is C18H9N5. The van der Waals surface area contributed by atoms with Gasteiger partial charge in [-0.3, -0.25) is 0 Å². The Morgan fingerprint density at radius 1 is 0.826 bits per heavy atom. The molecule has 0 bridgehead atoms. The first-order valence-corrected chi connectivity index (χ1v) is 7.25. The second kappa shape index (κ2) is 4.08. The first-order valence-electron chi connectivity index (χ1n) is 7.25. The van der Waals surface area contributed by atoms with Crippen molar-refractivity contribution in [3.8, 4) is 28.6 Å². The fraction of sp³-hybridized carbons (Fsp3) is 0.0556. The Morgan fingerprint density at radius 3 is 2.04 bits per heavy atom. The molecule has 2 aromatic heterocycles. The third-order valence-electron chi connectivity index (χ3n) is 4.21. The summed E-state index contributed by atoms with van der Waals surface area (Å²) in [6.45, 7) is 1.76. The Hall–Kier alpha value is -3.39. The zero-order valence-corrected chi connectivity index (χ0v) is 12.2. The van der Waals surface area contributed by atoms with E-state index in [-0.39, 0.29) is 0 Å². The first-order chi connectivity index (χ1) is 11.3. The van der Waals surface area contributed by atoms with Crippen molar-refractivity contribution < 1.29 is 0 Å². The number of aromatic nitrogens is 4. The van der Waals surface area contributed by atoms with Crippen LogP contribution in [0.25, 0.3) is 44.6 Å². The third kappa shape index (κ3) is 1.49. The van der Waals surface area contributed by atoms with E-state index in [1.165, 1.54) is 5.39 Å². The van der Waals surface area contributed by atoms with Crippen LogP contribution < -0.4 is 0 Å². The summed E-state index contributed by atoms with van der Waals surface area (Å²) in [6.07, 6.45) is 0. The molecule has 0 aliphatic heterocycles. The molecule has 0 atom stereocenters. The maximum Gasteiger partial charge on any atom is 0.199 e. The highest BCUT2D eigenvalue weighted by molar-refractivity contribution is 6.13. The van der Waals surface area contributed by atoms with Crippen molar-refractivity contribution in [2.45, 2.75) is 6.92 Å². The molecule has 0 radical (unpaired) electrons. The van der Waals surface area contributed by atoms with Crippen LogP contribution in [-0.4, -0.2) is 19.9 Å². The van der Waals surface area contributed by atoms with Gasteiger partial charge >= 0.3 is 0 Å². The molecule has 0 spiro atoms. The molecule has 106 valence electrons. The predicted octanol–water partition coefficient (Wildman–Crippen LogP) is 3.40. The second-order valence-electron chi connectivity index (χ2n) is 5.55. The Morgan fingerprint density at radius 2 is 1.43 bits per heavy atom. The van der Waals surface area contributed by atoms with Crippen LogP contribution in [0.2, 0.25) is 0 Å². The number of fused-ring (bicyclic) bond motifs is 4. The van der Waals surface area contributed by atoms with E-state index in [9.17, 15) is 0 Å². The summed E-state index contributed by atoms with van der Waals surface area (Å²) >= 11 is 0. The van der Waals surface area contributed by atoms with Crippen LogP contribution in [0.5, 0.6) is 0 Å². The van der Waals surface area contributed by atoms with Crippen molar-refractivity contribution in [2.75, 3.05) is 0 Å². The van der Waals surface area contributed by atoms with Crippen molar-refractivity contribution in [1.29, 1.82) is 5.26 Å². The summed E-state index contributed by atoms with van der Waals surface area (Å²) in [6, 6.07) is 14.4. The minimum atomic E-state index is 0.292. The molecule has 0 saturated heterocycles. The van der Waals surface area contributed by atoms with Gasteiger partial charge in [0.05, 0.1) is 17.1 Å². The van der Waals surface area contributed by atoms with Crippen molar-refractivity contribution in [3.05, 3.63) is 47.8 Å². The molecule has 0 unspecified atom stereocenters. The standard InChI is InChI=1S/C18H9N5/c1-9-13(8-19)21-18-17(20-9)22-15-11-6-2-4-10-5-3-7-12(14(10)11)16(15)23-18/h2-7H,1H3. The Balaban J connectivity index is 1.94. The minimum absolute atomic E-state index is 0.292. The SMILES string of the molecule is Cc1nc2nc3c(nc2nc1C#N)-c1cccc2cccc-3c12. The zero-order valence-electron chi connectivity index (χ0n) is 12.2. The summed E-state index contributed by atoms with van der Waals surface area (Å²) in [4.78, 5) is 18.0. The van der Waals surface area contributed by atoms with E-state index in [0.717, 1.165) is 27.9 Å². The monoisotopic (exact) mass is 295 g/mol. The van der Waals surface area contributed by atoms with E-state index in [2.05, 4.69) is 44.2 Å². The van der Waals surface area contributed by atoms with Crippen LogP contribution in [0.1, 0.15) is 11.4 Å². The van der Waals surface area contributed by atoms with Gasteiger partial charge in [-0.25, -0.2) is 19.9 Å². The van der Waals surface area contributed by atoms with Crippen molar-refractivity contribution in [2.24, 2.45) is 0 Å². The smallest absolute Gasteiger partial charge is 0.199 e. The molecule has 4 aromatic rings. The Kier molecular flexibility index (Phi) is 2.16. The molecule has 0 N–H and O–H groups in total. The van der Waals surface area contributed by atoms with Crippen molar-refractivity contribution in [1.82, 2.24) is 19.9 Å². The lowest BCUT2D eigenvalue weighted by atomic mass is 10.0. The largest absolute Gasteiger partial charge is 0.228 e. The quantitative estimate of drug-likeness (QED) is 0.437. The summed E-state index contributed by atoms with van der Waals surface area (Å²) in [7, 11) is 0. The summed E-state index contributed by atoms with van der Waals surface area (Å²) in [5, 5.41) is 11.5. The highest BCUT2D eigenvalue weighted by atomic mass is 15.0. The topological polar surface area (TPSA) is 75.3 Å². The van der Waals surface area contributed by atoms with Crippen LogP contribution in [0.4, 0.5) is 0 Å². The molecule has 0 saturated carbocycles. The number of aryl methyl sites for hydroxylation is 1. The van der Waals surface area contributed by atoms with Crippen LogP contribution in [0.15, 0.2) is 36.4 Å².